The molecule has 0 amide bonds. The normalized spacial score (nSPS) is 25.6. The van der Waals surface area contributed by atoms with Gasteiger partial charge in [0, 0.05) is 0 Å². The van der Waals surface area contributed by atoms with Gasteiger partial charge >= 0.3 is 12.1 Å². The maximum atomic E-state index is 13.7. The highest BCUT2D eigenvalue weighted by Crippen LogP contribution is 2.44. The number of carbonyl (C=O) groups is 1. The molecule has 27 heavy (non-hydrogen) atoms. The maximum Gasteiger partial charge on any atom is 0.437 e. The molecular weight excluding hydrogens is 381 g/mol. The second-order valence-electron chi connectivity index (χ2n) is 6.14. The molecule has 0 saturated carbocycles. The average Bonchev–Trinajstić information content (AvgIpc) is 2.59. The molecule has 3 atom stereocenters. The fraction of sp³-hybridized carbons (Fsp3) is 0.333. The molecule has 0 bridgehead atoms. The lowest BCUT2D eigenvalue weighted by Gasteiger charge is -2.45. The van der Waals surface area contributed by atoms with Gasteiger partial charge in [0.1, 0.15) is 5.92 Å². The van der Waals surface area contributed by atoms with Gasteiger partial charge in [-0.25, -0.2) is 0 Å². The van der Waals surface area contributed by atoms with Crippen LogP contribution in [0.5, 0.6) is 0 Å². The van der Waals surface area contributed by atoms with Crippen molar-refractivity contribution in [2.75, 3.05) is 6.61 Å². The summed E-state index contributed by atoms with van der Waals surface area (Å²) < 4.78 is 46.1. The summed E-state index contributed by atoms with van der Waals surface area (Å²) in [4.78, 5) is 12.5. The van der Waals surface area contributed by atoms with Crippen LogP contribution in [-0.2, 0) is 9.53 Å². The second kappa shape index (κ2) is 6.97. The summed E-state index contributed by atoms with van der Waals surface area (Å²) in [6, 6.07) is 10.9. The summed E-state index contributed by atoms with van der Waals surface area (Å²) in [7, 11) is 0. The average molecular weight is 398 g/mol. The van der Waals surface area contributed by atoms with Gasteiger partial charge in [-0.05, 0) is 35.5 Å². The molecule has 3 N–H and O–H groups in total. The predicted octanol–water partition coefficient (Wildman–Crippen LogP) is 2.79. The van der Waals surface area contributed by atoms with Crippen molar-refractivity contribution in [3.05, 3.63) is 48.0 Å². The molecule has 1 aliphatic heterocycles. The largest absolute Gasteiger partial charge is 0.466 e. The van der Waals surface area contributed by atoms with Crippen LogP contribution in [0.2, 0.25) is 0 Å². The Morgan fingerprint density at radius 3 is 2.59 bits per heavy atom. The standard InChI is InChI=1S/C18H17F3N2O3S/c1-2-26-15(24)13-14(22-16(27)23-17(13,25)18(19,20)21)12-9-5-7-10-6-3-4-8-11(10)12/h3-9,13-14,25H,2H2,1H3,(H2,22,23,27)/t13-,14+,17+/m0/s1. The van der Waals surface area contributed by atoms with Gasteiger partial charge in [-0.15, -0.1) is 0 Å². The molecule has 5 nitrogen and oxygen atoms in total. The van der Waals surface area contributed by atoms with Gasteiger partial charge in [0.15, 0.2) is 5.11 Å². The Labute approximate surface area is 158 Å². The highest BCUT2D eigenvalue weighted by Gasteiger charge is 2.66. The minimum Gasteiger partial charge on any atom is -0.466 e. The highest BCUT2D eigenvalue weighted by atomic mass is 32.1. The lowest BCUT2D eigenvalue weighted by molar-refractivity contribution is -0.292. The minimum atomic E-state index is -5.17. The number of thiocarbonyl (C=S) groups is 1. The number of ether oxygens (including phenoxy) is 1. The van der Waals surface area contributed by atoms with Crippen LogP contribution in [0.1, 0.15) is 18.5 Å². The molecule has 0 radical (unpaired) electrons. The van der Waals surface area contributed by atoms with E-state index in [4.69, 9.17) is 17.0 Å². The van der Waals surface area contributed by atoms with Crippen LogP contribution in [0.3, 0.4) is 0 Å². The van der Waals surface area contributed by atoms with Gasteiger partial charge in [-0.2, -0.15) is 13.2 Å². The van der Waals surface area contributed by atoms with E-state index in [0.29, 0.717) is 10.9 Å². The first kappa shape index (κ1) is 19.4. The van der Waals surface area contributed by atoms with E-state index in [1.807, 2.05) is 5.32 Å². The number of hydrogen-bond donors (Lipinski definition) is 3. The van der Waals surface area contributed by atoms with Gasteiger partial charge < -0.3 is 20.5 Å². The third-order valence-electron chi connectivity index (χ3n) is 4.51. The molecule has 1 aliphatic rings. The zero-order valence-corrected chi connectivity index (χ0v) is 15.0. The number of aliphatic hydroxyl groups is 1. The van der Waals surface area contributed by atoms with Crippen molar-refractivity contribution < 1.29 is 27.8 Å². The van der Waals surface area contributed by atoms with Gasteiger partial charge in [-0.3, -0.25) is 4.79 Å². The first-order valence-corrected chi connectivity index (χ1v) is 8.62. The van der Waals surface area contributed by atoms with Crippen LogP contribution in [0.4, 0.5) is 13.2 Å². The number of carbonyl (C=O) groups excluding carboxylic acids is 1. The van der Waals surface area contributed by atoms with Crippen LogP contribution in [0, 0.1) is 5.92 Å². The van der Waals surface area contributed by atoms with Crippen molar-refractivity contribution >= 4 is 34.1 Å². The van der Waals surface area contributed by atoms with Crippen molar-refractivity contribution in [1.82, 2.24) is 10.6 Å². The Balaban J connectivity index is 2.21. The molecule has 2 aromatic rings. The van der Waals surface area contributed by atoms with Gasteiger partial charge in [-0.1, -0.05) is 42.5 Å². The Hall–Kier alpha value is -2.39. The van der Waals surface area contributed by atoms with Crippen molar-refractivity contribution in [3.8, 4) is 0 Å². The molecule has 0 unspecified atom stereocenters. The minimum absolute atomic E-state index is 0.129. The molecule has 1 fully saturated rings. The van der Waals surface area contributed by atoms with Crippen LogP contribution in [0.25, 0.3) is 10.8 Å². The number of benzene rings is 2. The van der Waals surface area contributed by atoms with Gasteiger partial charge in [0.25, 0.3) is 5.72 Å². The Bertz CT molecular complexity index is 884. The van der Waals surface area contributed by atoms with E-state index in [2.05, 4.69) is 5.32 Å². The van der Waals surface area contributed by atoms with E-state index in [1.165, 1.54) is 6.92 Å². The zero-order valence-electron chi connectivity index (χ0n) is 14.2. The van der Waals surface area contributed by atoms with Crippen LogP contribution >= 0.6 is 12.2 Å². The Morgan fingerprint density at radius 2 is 1.93 bits per heavy atom. The Morgan fingerprint density at radius 1 is 1.26 bits per heavy atom. The number of rotatable bonds is 3. The lowest BCUT2D eigenvalue weighted by atomic mass is 9.80. The fourth-order valence-corrected chi connectivity index (χ4v) is 3.60. The van der Waals surface area contributed by atoms with E-state index in [9.17, 15) is 23.1 Å². The molecule has 0 spiro atoms. The molecule has 0 aromatic heterocycles. The van der Waals surface area contributed by atoms with E-state index in [-0.39, 0.29) is 6.61 Å². The first-order chi connectivity index (χ1) is 12.7. The van der Waals surface area contributed by atoms with Crippen LogP contribution in [-0.4, -0.2) is 34.7 Å². The molecule has 1 saturated heterocycles. The zero-order chi connectivity index (χ0) is 19.8. The third-order valence-corrected chi connectivity index (χ3v) is 4.73. The molecule has 1 heterocycles. The predicted molar refractivity (Wildman–Crippen MR) is 96.7 cm³/mol. The smallest absolute Gasteiger partial charge is 0.437 e. The Kier molecular flexibility index (Phi) is 5.00. The number of alkyl halides is 3. The number of fused-ring (bicyclic) bond motifs is 1. The van der Waals surface area contributed by atoms with E-state index >= 15 is 0 Å². The van der Waals surface area contributed by atoms with Gasteiger partial charge in [0.2, 0.25) is 0 Å². The summed E-state index contributed by atoms with van der Waals surface area (Å²) in [6.07, 6.45) is -5.17. The second-order valence-corrected chi connectivity index (χ2v) is 6.55. The highest BCUT2D eigenvalue weighted by molar-refractivity contribution is 7.80. The summed E-state index contributed by atoms with van der Waals surface area (Å²) in [5.74, 6) is -3.19. The molecule has 3 rings (SSSR count). The van der Waals surface area contributed by atoms with Crippen molar-refractivity contribution in [2.24, 2.45) is 5.92 Å². The van der Waals surface area contributed by atoms with Crippen LogP contribution in [0.15, 0.2) is 42.5 Å². The lowest BCUT2D eigenvalue weighted by Crippen LogP contribution is -2.73. The molecule has 0 aliphatic carbocycles. The van der Waals surface area contributed by atoms with Gasteiger partial charge in [0.05, 0.1) is 12.6 Å². The van der Waals surface area contributed by atoms with E-state index in [1.54, 1.807) is 42.5 Å². The summed E-state index contributed by atoms with van der Waals surface area (Å²) >= 11 is 4.89. The molecule has 2 aromatic carbocycles. The van der Waals surface area contributed by atoms with Crippen molar-refractivity contribution in [3.63, 3.8) is 0 Å². The maximum absolute atomic E-state index is 13.7. The van der Waals surface area contributed by atoms with Crippen LogP contribution < -0.4 is 10.6 Å². The van der Waals surface area contributed by atoms with E-state index < -0.39 is 34.9 Å². The first-order valence-electron chi connectivity index (χ1n) is 8.21. The van der Waals surface area contributed by atoms with Crippen molar-refractivity contribution in [2.45, 2.75) is 24.9 Å². The third kappa shape index (κ3) is 3.32. The summed E-state index contributed by atoms with van der Waals surface area (Å²) in [6.45, 7) is 1.35. The number of nitrogens with one attached hydrogen (secondary N) is 2. The molecule has 144 valence electrons. The fourth-order valence-electron chi connectivity index (χ4n) is 3.32. The SMILES string of the molecule is CCOC(=O)[C@@H]1[C@@H](c2cccc3ccccc23)NC(=S)N[C@]1(O)C(F)(F)F. The van der Waals surface area contributed by atoms with E-state index in [0.717, 1.165) is 5.39 Å². The van der Waals surface area contributed by atoms with Crippen molar-refractivity contribution in [1.29, 1.82) is 0 Å². The number of hydrogen-bond acceptors (Lipinski definition) is 4. The monoisotopic (exact) mass is 398 g/mol. The molecule has 9 heteroatoms. The molecular formula is C18H17F3N2O3S. The summed E-state index contributed by atoms with van der Waals surface area (Å²) in [5, 5.41) is 16.0. The number of esters is 1. The quantitative estimate of drug-likeness (QED) is 0.546. The topological polar surface area (TPSA) is 70.6 Å². The number of halogens is 3. The summed E-state index contributed by atoms with van der Waals surface area (Å²) in [5.41, 5.74) is -3.17.